The summed E-state index contributed by atoms with van der Waals surface area (Å²) in [5, 5.41) is 12.8. The first-order valence-electron chi connectivity index (χ1n) is 6.10. The molecule has 0 radical (unpaired) electrons. The molecule has 4 nitrogen and oxygen atoms in total. The standard InChI is InChI=1S/C12H22N2O2/c1-12(2,7-15)14(3)11(16)9-6-8-4-5-10(9)13-8/h8-10,13,15H,4-7H2,1-3H3. The average molecular weight is 226 g/mol. The first-order chi connectivity index (χ1) is 7.45. The van der Waals surface area contributed by atoms with Gasteiger partial charge in [-0.1, -0.05) is 0 Å². The number of nitrogens with zero attached hydrogens (tertiary/aromatic N) is 1. The fourth-order valence-corrected chi connectivity index (χ4v) is 2.75. The van der Waals surface area contributed by atoms with Crippen LogP contribution in [-0.4, -0.2) is 47.2 Å². The molecular formula is C12H22N2O2. The van der Waals surface area contributed by atoms with Gasteiger partial charge in [0.2, 0.25) is 5.91 Å². The van der Waals surface area contributed by atoms with E-state index in [1.54, 1.807) is 11.9 Å². The predicted octanol–water partition coefficient (Wildman–Crippen LogP) is 0.356. The van der Waals surface area contributed by atoms with Crippen molar-refractivity contribution in [3.63, 3.8) is 0 Å². The third-order valence-corrected chi connectivity index (χ3v) is 4.24. The number of carbonyl (C=O) groups is 1. The Morgan fingerprint density at radius 3 is 2.62 bits per heavy atom. The van der Waals surface area contributed by atoms with E-state index >= 15 is 0 Å². The van der Waals surface area contributed by atoms with Crippen molar-refractivity contribution in [3.05, 3.63) is 0 Å². The molecule has 2 saturated heterocycles. The van der Waals surface area contributed by atoms with E-state index in [0.717, 1.165) is 12.8 Å². The maximum Gasteiger partial charge on any atom is 0.227 e. The molecule has 2 fully saturated rings. The zero-order valence-corrected chi connectivity index (χ0v) is 10.4. The molecule has 0 saturated carbocycles. The van der Waals surface area contributed by atoms with E-state index < -0.39 is 5.54 Å². The summed E-state index contributed by atoms with van der Waals surface area (Å²) >= 11 is 0. The second kappa shape index (κ2) is 4.00. The van der Waals surface area contributed by atoms with Gasteiger partial charge in [-0.3, -0.25) is 4.79 Å². The monoisotopic (exact) mass is 226 g/mol. The van der Waals surface area contributed by atoms with Crippen LogP contribution in [0.1, 0.15) is 33.1 Å². The first-order valence-corrected chi connectivity index (χ1v) is 6.10. The van der Waals surface area contributed by atoms with Crippen molar-refractivity contribution in [2.45, 2.75) is 50.7 Å². The van der Waals surface area contributed by atoms with Gasteiger partial charge in [-0.05, 0) is 33.1 Å². The molecule has 0 aromatic heterocycles. The summed E-state index contributed by atoms with van der Waals surface area (Å²) in [7, 11) is 1.80. The topological polar surface area (TPSA) is 52.6 Å². The second-order valence-corrected chi connectivity index (χ2v) is 5.76. The van der Waals surface area contributed by atoms with Gasteiger partial charge < -0.3 is 15.3 Å². The minimum Gasteiger partial charge on any atom is -0.394 e. The van der Waals surface area contributed by atoms with Crippen LogP contribution in [0.15, 0.2) is 0 Å². The molecule has 4 heteroatoms. The zero-order valence-electron chi connectivity index (χ0n) is 10.4. The van der Waals surface area contributed by atoms with Crippen molar-refractivity contribution < 1.29 is 9.90 Å². The van der Waals surface area contributed by atoms with Crippen LogP contribution in [0.2, 0.25) is 0 Å². The van der Waals surface area contributed by atoms with Crippen LogP contribution in [0, 0.1) is 5.92 Å². The molecule has 2 heterocycles. The van der Waals surface area contributed by atoms with E-state index in [1.807, 2.05) is 13.8 Å². The summed E-state index contributed by atoms with van der Waals surface area (Å²) in [5.41, 5.74) is -0.459. The molecule has 2 rings (SSSR count). The number of carbonyl (C=O) groups excluding carboxylic acids is 1. The van der Waals surface area contributed by atoms with E-state index in [2.05, 4.69) is 5.32 Å². The minimum atomic E-state index is -0.459. The number of hydrogen-bond donors (Lipinski definition) is 2. The van der Waals surface area contributed by atoms with Gasteiger partial charge in [-0.2, -0.15) is 0 Å². The number of aliphatic hydroxyl groups is 1. The van der Waals surface area contributed by atoms with Crippen LogP contribution in [0.25, 0.3) is 0 Å². The van der Waals surface area contributed by atoms with Crippen molar-refractivity contribution in [3.8, 4) is 0 Å². The average Bonchev–Trinajstić information content (AvgIpc) is 2.88. The van der Waals surface area contributed by atoms with Crippen LogP contribution < -0.4 is 5.32 Å². The Kier molecular flexibility index (Phi) is 2.97. The van der Waals surface area contributed by atoms with Crippen LogP contribution in [0.5, 0.6) is 0 Å². The van der Waals surface area contributed by atoms with Gasteiger partial charge in [-0.25, -0.2) is 0 Å². The number of hydrogen-bond acceptors (Lipinski definition) is 3. The van der Waals surface area contributed by atoms with Gasteiger partial charge in [0.1, 0.15) is 0 Å². The first kappa shape index (κ1) is 11.9. The Bertz CT molecular complexity index is 287. The summed E-state index contributed by atoms with van der Waals surface area (Å²) < 4.78 is 0. The highest BCUT2D eigenvalue weighted by Crippen LogP contribution is 2.35. The SMILES string of the molecule is CN(C(=O)C1CC2CCC1N2)C(C)(C)CO. The highest BCUT2D eigenvalue weighted by molar-refractivity contribution is 5.80. The van der Waals surface area contributed by atoms with Crippen molar-refractivity contribution in [2.24, 2.45) is 5.92 Å². The number of rotatable bonds is 3. The minimum absolute atomic E-state index is 0.00346. The van der Waals surface area contributed by atoms with Crippen LogP contribution >= 0.6 is 0 Å². The van der Waals surface area contributed by atoms with Gasteiger partial charge in [0.05, 0.1) is 18.1 Å². The highest BCUT2D eigenvalue weighted by atomic mass is 16.3. The third-order valence-electron chi connectivity index (χ3n) is 4.24. The maximum atomic E-state index is 12.3. The van der Waals surface area contributed by atoms with Crippen molar-refractivity contribution in [1.29, 1.82) is 0 Å². The summed E-state index contributed by atoms with van der Waals surface area (Å²) in [4.78, 5) is 14.0. The Morgan fingerprint density at radius 2 is 2.19 bits per heavy atom. The van der Waals surface area contributed by atoms with Gasteiger partial charge in [0, 0.05) is 19.1 Å². The fraction of sp³-hybridized carbons (Fsp3) is 0.917. The predicted molar refractivity (Wildman–Crippen MR) is 62.0 cm³/mol. The van der Waals surface area contributed by atoms with Gasteiger partial charge in [0.15, 0.2) is 0 Å². The smallest absolute Gasteiger partial charge is 0.227 e. The summed E-state index contributed by atoms with van der Waals surface area (Å²) in [6, 6.07) is 0.916. The van der Waals surface area contributed by atoms with E-state index in [4.69, 9.17) is 0 Å². The highest BCUT2D eigenvalue weighted by Gasteiger charge is 2.45. The number of amides is 1. The van der Waals surface area contributed by atoms with E-state index in [0.29, 0.717) is 12.1 Å². The Hall–Kier alpha value is -0.610. The van der Waals surface area contributed by atoms with E-state index in [9.17, 15) is 9.90 Å². The lowest BCUT2D eigenvalue weighted by atomic mass is 9.87. The van der Waals surface area contributed by atoms with Gasteiger partial charge in [0.25, 0.3) is 0 Å². The molecule has 2 aliphatic heterocycles. The van der Waals surface area contributed by atoms with Crippen LogP contribution in [-0.2, 0) is 4.79 Å². The summed E-state index contributed by atoms with van der Waals surface area (Å²) in [6.45, 7) is 3.79. The van der Waals surface area contributed by atoms with Crippen molar-refractivity contribution >= 4 is 5.91 Å². The van der Waals surface area contributed by atoms with E-state index in [1.165, 1.54) is 6.42 Å². The Balaban J connectivity index is 2.03. The van der Waals surface area contributed by atoms with Gasteiger partial charge in [-0.15, -0.1) is 0 Å². The molecule has 0 aromatic carbocycles. The molecular weight excluding hydrogens is 204 g/mol. The number of fused-ring (bicyclic) bond motifs is 2. The van der Waals surface area contributed by atoms with Crippen LogP contribution in [0.4, 0.5) is 0 Å². The van der Waals surface area contributed by atoms with Gasteiger partial charge >= 0.3 is 0 Å². The van der Waals surface area contributed by atoms with Crippen LogP contribution in [0.3, 0.4) is 0 Å². The molecule has 1 amide bonds. The normalized spacial score (nSPS) is 33.1. The molecule has 2 aliphatic rings. The maximum absolute atomic E-state index is 12.3. The number of aliphatic hydroxyl groups excluding tert-OH is 1. The molecule has 0 aliphatic carbocycles. The molecule has 2 N–H and O–H groups in total. The van der Waals surface area contributed by atoms with Crippen molar-refractivity contribution in [2.75, 3.05) is 13.7 Å². The van der Waals surface area contributed by atoms with E-state index in [-0.39, 0.29) is 18.4 Å². The molecule has 0 spiro atoms. The molecule has 3 atom stereocenters. The summed E-state index contributed by atoms with van der Waals surface area (Å²) in [6.07, 6.45) is 3.30. The van der Waals surface area contributed by atoms with Crippen molar-refractivity contribution in [1.82, 2.24) is 10.2 Å². The largest absolute Gasteiger partial charge is 0.394 e. The fourth-order valence-electron chi connectivity index (χ4n) is 2.75. The summed E-state index contributed by atoms with van der Waals surface area (Å²) in [5.74, 6) is 0.299. The lowest BCUT2D eigenvalue weighted by Crippen LogP contribution is -2.51. The molecule has 16 heavy (non-hydrogen) atoms. The third kappa shape index (κ3) is 1.84. The molecule has 0 aromatic rings. The number of likely N-dealkylation sites (N-methyl/N-ethyl adjacent to an activating group) is 1. The molecule has 3 unspecified atom stereocenters. The molecule has 92 valence electrons. The molecule has 2 bridgehead atoms. The lowest BCUT2D eigenvalue weighted by molar-refractivity contribution is -0.141. The second-order valence-electron chi connectivity index (χ2n) is 5.76. The number of nitrogens with one attached hydrogen (secondary N) is 1. The lowest BCUT2D eigenvalue weighted by Gasteiger charge is -2.37. The Labute approximate surface area is 97.0 Å². The zero-order chi connectivity index (χ0) is 11.9. The quantitative estimate of drug-likeness (QED) is 0.730. The Morgan fingerprint density at radius 1 is 1.50 bits per heavy atom.